The second-order valence-corrected chi connectivity index (χ2v) is 9.51. The predicted molar refractivity (Wildman–Crippen MR) is 142 cm³/mol. The number of ether oxygens (including phenoxy) is 1. The molecule has 3 aromatic heterocycles. The topological polar surface area (TPSA) is 124 Å². The number of amides is 2. The highest BCUT2D eigenvalue weighted by atomic mass is 35.5. The number of nitrogens with two attached hydrogens (primary N) is 1. The molecule has 3 heterocycles. The highest BCUT2D eigenvalue weighted by Crippen LogP contribution is 2.35. The molecule has 9 nitrogen and oxygen atoms in total. The summed E-state index contributed by atoms with van der Waals surface area (Å²) in [6.45, 7) is 0.677. The van der Waals surface area contributed by atoms with Crippen LogP contribution in [-0.4, -0.2) is 33.5 Å². The van der Waals surface area contributed by atoms with E-state index in [-0.39, 0.29) is 39.3 Å². The summed E-state index contributed by atoms with van der Waals surface area (Å²) in [5.41, 5.74) is 6.65. The Labute approximate surface area is 225 Å². The van der Waals surface area contributed by atoms with E-state index in [1.54, 1.807) is 29.9 Å². The number of methoxy groups -OCH3 is 1. The zero-order chi connectivity index (χ0) is 25.8. The van der Waals surface area contributed by atoms with E-state index in [0.29, 0.717) is 22.4 Å². The number of carbonyl (C=O) groups excluding carboxylic acids is 2. The fourth-order valence-corrected chi connectivity index (χ4v) is 4.91. The van der Waals surface area contributed by atoms with Crippen molar-refractivity contribution in [3.8, 4) is 5.75 Å². The first-order valence-corrected chi connectivity index (χ1v) is 12.4. The van der Waals surface area contributed by atoms with Gasteiger partial charge < -0.3 is 25.7 Å². The lowest BCUT2D eigenvalue weighted by atomic mass is 10.1. The van der Waals surface area contributed by atoms with Crippen LogP contribution in [0.3, 0.4) is 0 Å². The molecule has 0 fully saturated rings. The Morgan fingerprint density at radius 1 is 1.11 bits per heavy atom. The van der Waals surface area contributed by atoms with E-state index in [1.807, 2.05) is 4.57 Å². The van der Waals surface area contributed by atoms with Gasteiger partial charge in [0.15, 0.2) is 0 Å². The number of benzene rings is 1. The molecule has 2 amide bonds. The Morgan fingerprint density at radius 3 is 2.61 bits per heavy atom. The molecular weight excluding hydrogens is 547 g/mol. The van der Waals surface area contributed by atoms with Crippen LogP contribution >= 0.6 is 46.1 Å². The number of nitrogens with one attached hydrogen (secondary N) is 2. The van der Waals surface area contributed by atoms with E-state index in [1.165, 1.54) is 36.8 Å². The van der Waals surface area contributed by atoms with Crippen molar-refractivity contribution in [3.63, 3.8) is 0 Å². The second kappa shape index (κ2) is 11.3. The molecule has 0 unspecified atom stereocenters. The van der Waals surface area contributed by atoms with Gasteiger partial charge in [0, 0.05) is 35.2 Å². The first-order chi connectivity index (χ1) is 17.3. The maximum absolute atomic E-state index is 13.2. The summed E-state index contributed by atoms with van der Waals surface area (Å²) in [6, 6.07) is 6.04. The van der Waals surface area contributed by atoms with E-state index in [4.69, 9.17) is 45.3 Å². The third-order valence-corrected chi connectivity index (χ3v) is 7.08. The van der Waals surface area contributed by atoms with E-state index < -0.39 is 11.8 Å². The van der Waals surface area contributed by atoms with Crippen LogP contribution in [0.1, 0.15) is 31.4 Å². The molecule has 0 saturated carbocycles. The molecule has 0 saturated heterocycles. The van der Waals surface area contributed by atoms with Crippen molar-refractivity contribution in [2.75, 3.05) is 17.7 Å². The van der Waals surface area contributed by atoms with Crippen molar-refractivity contribution in [2.24, 2.45) is 5.73 Å². The van der Waals surface area contributed by atoms with Crippen LogP contribution in [0.25, 0.3) is 0 Å². The highest BCUT2D eigenvalue weighted by molar-refractivity contribution is 7.13. The highest BCUT2D eigenvalue weighted by Gasteiger charge is 2.23. The summed E-state index contributed by atoms with van der Waals surface area (Å²) in [5.74, 6) is 0.0837. The average Bonchev–Trinajstić information content (AvgIpc) is 3.47. The number of halogens is 3. The molecule has 4 aromatic rings. The van der Waals surface area contributed by atoms with E-state index in [2.05, 4.69) is 20.6 Å². The van der Waals surface area contributed by atoms with Gasteiger partial charge in [-0.05, 0) is 23.6 Å². The number of carbonyl (C=O) groups is 2. The molecule has 36 heavy (non-hydrogen) atoms. The fraction of sp³-hybridized carbons (Fsp3) is 0.130. The Morgan fingerprint density at radius 2 is 1.92 bits per heavy atom. The van der Waals surface area contributed by atoms with Crippen molar-refractivity contribution in [1.29, 1.82) is 0 Å². The van der Waals surface area contributed by atoms with E-state index >= 15 is 0 Å². The van der Waals surface area contributed by atoms with Gasteiger partial charge in [0.05, 0.1) is 41.5 Å². The van der Waals surface area contributed by atoms with Gasteiger partial charge in [-0.3, -0.25) is 9.59 Å². The van der Waals surface area contributed by atoms with Crippen molar-refractivity contribution >= 4 is 69.5 Å². The Hall–Kier alpha value is -3.15. The number of aromatic nitrogens is 3. The maximum atomic E-state index is 13.2. The lowest BCUT2D eigenvalue weighted by Crippen LogP contribution is -2.19. The zero-order valence-electron chi connectivity index (χ0n) is 18.7. The first-order valence-electron chi connectivity index (χ1n) is 10.4. The van der Waals surface area contributed by atoms with Crippen LogP contribution in [0.15, 0.2) is 48.2 Å². The number of thiophene rings is 1. The number of anilines is 2. The van der Waals surface area contributed by atoms with Crippen LogP contribution in [-0.2, 0) is 13.1 Å². The molecule has 4 rings (SSSR count). The molecular formula is C23H19Cl3N6O3S. The minimum Gasteiger partial charge on any atom is -0.494 e. The first kappa shape index (κ1) is 25.9. The largest absolute Gasteiger partial charge is 0.494 e. The van der Waals surface area contributed by atoms with Crippen molar-refractivity contribution in [3.05, 3.63) is 85.1 Å². The Balaban J connectivity index is 1.61. The molecule has 0 bridgehead atoms. The summed E-state index contributed by atoms with van der Waals surface area (Å²) in [6.07, 6.45) is 4.83. The van der Waals surface area contributed by atoms with Crippen LogP contribution in [0.2, 0.25) is 15.1 Å². The smallest absolute Gasteiger partial charge is 0.267 e. The summed E-state index contributed by atoms with van der Waals surface area (Å²) in [4.78, 5) is 34.8. The monoisotopic (exact) mass is 564 g/mol. The molecule has 0 radical (unpaired) electrons. The Kier molecular flexibility index (Phi) is 8.12. The molecule has 0 spiro atoms. The summed E-state index contributed by atoms with van der Waals surface area (Å²) in [7, 11) is 1.40. The summed E-state index contributed by atoms with van der Waals surface area (Å²) < 4.78 is 7.24. The number of hydrogen-bond donors (Lipinski definition) is 3. The molecule has 13 heteroatoms. The number of rotatable bonds is 8. The van der Waals surface area contributed by atoms with Gasteiger partial charge in [-0.2, -0.15) is 0 Å². The minimum absolute atomic E-state index is 0.0726. The van der Waals surface area contributed by atoms with Gasteiger partial charge in [-0.15, -0.1) is 11.3 Å². The third-order valence-electron chi connectivity index (χ3n) is 5.07. The number of imidazole rings is 1. The van der Waals surface area contributed by atoms with Gasteiger partial charge in [-0.25, -0.2) is 9.97 Å². The SMILES string of the molecule is COc1cc(Cl)cc(C(=O)Nc2ccc(Cl)cn2)c1NC(=O)c1scc(Cn2ccnc2CN)c1Cl. The fourth-order valence-electron chi connectivity index (χ4n) is 3.35. The van der Waals surface area contributed by atoms with Crippen LogP contribution in [0.5, 0.6) is 5.75 Å². The number of hydrogen-bond acceptors (Lipinski definition) is 7. The molecule has 1 aromatic carbocycles. The lowest BCUT2D eigenvalue weighted by molar-refractivity contribution is 0.102. The van der Waals surface area contributed by atoms with Gasteiger partial charge in [-0.1, -0.05) is 34.8 Å². The summed E-state index contributed by atoms with van der Waals surface area (Å²) in [5, 5.41) is 8.14. The van der Waals surface area contributed by atoms with Crippen LogP contribution < -0.4 is 21.1 Å². The number of nitrogens with zero attached hydrogens (tertiary/aromatic N) is 3. The summed E-state index contributed by atoms with van der Waals surface area (Å²) >= 11 is 19.8. The molecule has 0 atom stereocenters. The van der Waals surface area contributed by atoms with E-state index in [0.717, 1.165) is 5.56 Å². The third kappa shape index (κ3) is 5.63. The lowest BCUT2D eigenvalue weighted by Gasteiger charge is -2.15. The molecule has 186 valence electrons. The van der Waals surface area contributed by atoms with Crippen LogP contribution in [0, 0.1) is 0 Å². The molecule has 0 aliphatic carbocycles. The maximum Gasteiger partial charge on any atom is 0.267 e. The normalized spacial score (nSPS) is 10.8. The standard InChI is InChI=1S/C23H19Cl3N6O3S/c1-35-16-7-14(25)6-15(22(33)30-17-3-2-13(24)9-29-17)20(16)31-23(34)21-19(26)12(11-36-21)10-32-5-4-28-18(32)8-27/h2-7,9,11H,8,10,27H2,1H3,(H,31,34)(H,29,30,33). The van der Waals surface area contributed by atoms with Crippen LogP contribution in [0.4, 0.5) is 11.5 Å². The van der Waals surface area contributed by atoms with Gasteiger partial charge in [0.2, 0.25) is 0 Å². The number of pyridine rings is 1. The quantitative estimate of drug-likeness (QED) is 0.266. The van der Waals surface area contributed by atoms with Gasteiger partial charge in [0.25, 0.3) is 11.8 Å². The molecule has 0 aliphatic heterocycles. The Bertz CT molecular complexity index is 1420. The predicted octanol–water partition coefficient (Wildman–Crippen LogP) is 5.32. The molecule has 0 aliphatic rings. The van der Waals surface area contributed by atoms with Crippen molar-refractivity contribution in [1.82, 2.24) is 14.5 Å². The molecule has 4 N–H and O–H groups in total. The minimum atomic E-state index is -0.562. The van der Waals surface area contributed by atoms with Crippen molar-refractivity contribution < 1.29 is 14.3 Å². The van der Waals surface area contributed by atoms with E-state index in [9.17, 15) is 9.59 Å². The van der Waals surface area contributed by atoms with Crippen molar-refractivity contribution in [2.45, 2.75) is 13.1 Å². The second-order valence-electron chi connectivity index (χ2n) is 7.38. The van der Waals surface area contributed by atoms with Gasteiger partial charge in [0.1, 0.15) is 22.3 Å². The average molecular weight is 566 g/mol. The van der Waals surface area contributed by atoms with Gasteiger partial charge >= 0.3 is 0 Å². The zero-order valence-corrected chi connectivity index (χ0v) is 21.8.